The van der Waals surface area contributed by atoms with Gasteiger partial charge in [-0.05, 0) is 50.2 Å². The molecule has 4 rings (SSSR count). The Morgan fingerprint density at radius 2 is 1.60 bits per heavy atom. The summed E-state index contributed by atoms with van der Waals surface area (Å²) < 4.78 is 13.6. The molecule has 0 aliphatic rings. The highest BCUT2D eigenvalue weighted by Crippen LogP contribution is 2.27. The zero-order valence-electron chi connectivity index (χ0n) is 17.0. The van der Waals surface area contributed by atoms with Gasteiger partial charge in [-0.3, -0.25) is 0 Å². The molecule has 0 unspecified atom stereocenters. The summed E-state index contributed by atoms with van der Waals surface area (Å²) in [7, 11) is 0. The number of para-hydroxylation sites is 2. The van der Waals surface area contributed by atoms with E-state index >= 15 is 0 Å². The number of rotatable bonds is 7. The van der Waals surface area contributed by atoms with Crippen LogP contribution in [0.4, 0.5) is 11.6 Å². The molecule has 30 heavy (non-hydrogen) atoms. The number of hydrogen-bond acceptors (Lipinski definition) is 7. The highest BCUT2D eigenvalue weighted by atomic mass is 16.5. The molecule has 0 atom stereocenters. The monoisotopic (exact) mass is 404 g/mol. The van der Waals surface area contributed by atoms with Crippen LogP contribution in [0.2, 0.25) is 0 Å². The maximum Gasteiger partial charge on any atom is 0.161 e. The van der Waals surface area contributed by atoms with Crippen molar-refractivity contribution in [1.29, 1.82) is 0 Å². The second-order valence-electron chi connectivity index (χ2n) is 6.78. The van der Waals surface area contributed by atoms with Crippen LogP contribution in [-0.4, -0.2) is 32.7 Å². The molecule has 3 heterocycles. The molecule has 4 aromatic rings. The average molecular weight is 404 g/mol. The molecule has 3 aromatic heterocycles. The van der Waals surface area contributed by atoms with Crippen molar-refractivity contribution in [2.24, 2.45) is 0 Å². The van der Waals surface area contributed by atoms with Gasteiger partial charge in [-0.2, -0.15) is 0 Å². The molecule has 0 amide bonds. The standard InChI is InChI=1S/C22H24N6O2/c1-3-29-18-6-4-5-7-19(18)30-11-10-28-14(2)25-17-9-8-16(26-22(17)28)15-12-20(23)27-21(24)13-15/h4-9,12-13H,3,10-11H2,1-2H3,(H4,23,24,27). The third-order valence-corrected chi connectivity index (χ3v) is 4.67. The van der Waals surface area contributed by atoms with Crippen molar-refractivity contribution in [3.05, 3.63) is 54.4 Å². The smallest absolute Gasteiger partial charge is 0.161 e. The Morgan fingerprint density at radius 3 is 2.30 bits per heavy atom. The first-order valence-electron chi connectivity index (χ1n) is 9.77. The minimum Gasteiger partial charge on any atom is -0.490 e. The van der Waals surface area contributed by atoms with E-state index in [0.717, 1.165) is 39.7 Å². The number of fused-ring (bicyclic) bond motifs is 1. The van der Waals surface area contributed by atoms with Gasteiger partial charge in [0.05, 0.1) is 18.8 Å². The number of nitrogen functional groups attached to an aromatic ring is 2. The second-order valence-corrected chi connectivity index (χ2v) is 6.78. The summed E-state index contributed by atoms with van der Waals surface area (Å²) in [6.07, 6.45) is 0. The summed E-state index contributed by atoms with van der Waals surface area (Å²) in [6, 6.07) is 15.0. The van der Waals surface area contributed by atoms with Gasteiger partial charge in [0.2, 0.25) is 0 Å². The summed E-state index contributed by atoms with van der Waals surface area (Å²) in [4.78, 5) is 13.4. The zero-order valence-corrected chi connectivity index (χ0v) is 17.0. The Balaban J connectivity index is 1.59. The van der Waals surface area contributed by atoms with Crippen LogP contribution in [0.15, 0.2) is 48.5 Å². The largest absolute Gasteiger partial charge is 0.490 e. The van der Waals surface area contributed by atoms with Gasteiger partial charge >= 0.3 is 0 Å². The highest BCUT2D eigenvalue weighted by Gasteiger charge is 2.12. The number of pyridine rings is 2. The van der Waals surface area contributed by atoms with Gasteiger partial charge in [0.1, 0.15) is 29.6 Å². The molecular weight excluding hydrogens is 380 g/mol. The van der Waals surface area contributed by atoms with Crippen LogP contribution in [0, 0.1) is 6.92 Å². The van der Waals surface area contributed by atoms with Crippen molar-refractivity contribution < 1.29 is 9.47 Å². The highest BCUT2D eigenvalue weighted by molar-refractivity contribution is 5.77. The number of aromatic nitrogens is 4. The first kappa shape index (κ1) is 19.5. The lowest BCUT2D eigenvalue weighted by molar-refractivity contribution is 0.267. The van der Waals surface area contributed by atoms with Gasteiger partial charge in [0.25, 0.3) is 0 Å². The molecule has 154 valence electrons. The van der Waals surface area contributed by atoms with Crippen molar-refractivity contribution in [3.63, 3.8) is 0 Å². The SMILES string of the molecule is CCOc1ccccc1OCCn1c(C)nc2ccc(-c3cc(N)nc(N)c3)nc21. The first-order chi connectivity index (χ1) is 14.5. The van der Waals surface area contributed by atoms with Crippen LogP contribution in [0.5, 0.6) is 11.5 Å². The van der Waals surface area contributed by atoms with E-state index in [2.05, 4.69) is 9.97 Å². The summed E-state index contributed by atoms with van der Waals surface area (Å²) in [5.41, 5.74) is 14.8. The van der Waals surface area contributed by atoms with E-state index in [1.807, 2.05) is 54.8 Å². The number of hydrogen-bond donors (Lipinski definition) is 2. The summed E-state index contributed by atoms with van der Waals surface area (Å²) in [6.45, 7) is 5.54. The van der Waals surface area contributed by atoms with Gasteiger partial charge < -0.3 is 25.5 Å². The maximum absolute atomic E-state index is 5.97. The molecule has 4 N–H and O–H groups in total. The number of benzene rings is 1. The topological polar surface area (TPSA) is 114 Å². The van der Waals surface area contributed by atoms with Gasteiger partial charge in [-0.25, -0.2) is 15.0 Å². The van der Waals surface area contributed by atoms with Crippen molar-refractivity contribution in [2.75, 3.05) is 24.7 Å². The number of aryl methyl sites for hydroxylation is 1. The number of nitrogens with two attached hydrogens (primary N) is 2. The fourth-order valence-electron chi connectivity index (χ4n) is 3.36. The molecule has 0 aliphatic heterocycles. The average Bonchev–Trinajstić information content (AvgIpc) is 3.03. The molecule has 0 radical (unpaired) electrons. The summed E-state index contributed by atoms with van der Waals surface area (Å²) in [5.74, 6) is 3.04. The number of nitrogens with zero attached hydrogens (tertiary/aromatic N) is 4. The fraction of sp³-hybridized carbons (Fsp3) is 0.227. The molecule has 0 fully saturated rings. The third-order valence-electron chi connectivity index (χ3n) is 4.67. The quantitative estimate of drug-likeness (QED) is 0.485. The van der Waals surface area contributed by atoms with Gasteiger partial charge in [-0.15, -0.1) is 0 Å². The molecule has 8 nitrogen and oxygen atoms in total. The van der Waals surface area contributed by atoms with E-state index < -0.39 is 0 Å². The molecule has 8 heteroatoms. The van der Waals surface area contributed by atoms with E-state index in [9.17, 15) is 0 Å². The number of imidazole rings is 1. The fourth-order valence-corrected chi connectivity index (χ4v) is 3.36. The third kappa shape index (κ3) is 3.98. The van der Waals surface area contributed by atoms with Crippen molar-refractivity contribution in [2.45, 2.75) is 20.4 Å². The lowest BCUT2D eigenvalue weighted by atomic mass is 10.1. The van der Waals surface area contributed by atoms with Crippen LogP contribution in [-0.2, 0) is 6.54 Å². The zero-order chi connectivity index (χ0) is 21.1. The summed E-state index contributed by atoms with van der Waals surface area (Å²) in [5, 5.41) is 0. The van der Waals surface area contributed by atoms with E-state index in [1.165, 1.54) is 0 Å². The Bertz CT molecular complexity index is 1170. The normalized spacial score (nSPS) is 11.0. The van der Waals surface area contributed by atoms with Gasteiger partial charge in [0.15, 0.2) is 17.1 Å². The molecule has 0 bridgehead atoms. The number of anilines is 2. The Kier molecular flexibility index (Phi) is 5.38. The van der Waals surface area contributed by atoms with Crippen molar-refractivity contribution in [1.82, 2.24) is 19.5 Å². The maximum atomic E-state index is 5.97. The lowest BCUT2D eigenvalue weighted by Gasteiger charge is -2.12. The Hall–Kier alpha value is -3.81. The van der Waals surface area contributed by atoms with E-state index in [0.29, 0.717) is 31.4 Å². The van der Waals surface area contributed by atoms with Gasteiger partial charge in [0, 0.05) is 5.56 Å². The number of ether oxygens (including phenoxy) is 2. The van der Waals surface area contributed by atoms with Crippen LogP contribution in [0.3, 0.4) is 0 Å². The van der Waals surface area contributed by atoms with Crippen molar-refractivity contribution in [3.8, 4) is 22.8 Å². The molecule has 0 aliphatic carbocycles. The van der Waals surface area contributed by atoms with E-state index in [1.54, 1.807) is 12.1 Å². The minimum atomic E-state index is 0.359. The van der Waals surface area contributed by atoms with E-state index in [-0.39, 0.29) is 0 Å². The first-order valence-corrected chi connectivity index (χ1v) is 9.77. The molecule has 0 spiro atoms. The van der Waals surface area contributed by atoms with Gasteiger partial charge in [-0.1, -0.05) is 12.1 Å². The van der Waals surface area contributed by atoms with E-state index in [4.69, 9.17) is 25.9 Å². The molecular formula is C22H24N6O2. The lowest BCUT2D eigenvalue weighted by Crippen LogP contribution is -2.11. The predicted octanol–water partition coefficient (Wildman–Crippen LogP) is 3.44. The Morgan fingerprint density at radius 1 is 0.900 bits per heavy atom. The molecule has 1 aromatic carbocycles. The van der Waals surface area contributed by atoms with Crippen molar-refractivity contribution >= 4 is 22.8 Å². The van der Waals surface area contributed by atoms with Crippen LogP contribution >= 0.6 is 0 Å². The molecule has 0 saturated carbocycles. The second kappa shape index (κ2) is 8.28. The van der Waals surface area contributed by atoms with Crippen LogP contribution < -0.4 is 20.9 Å². The Labute approximate surface area is 174 Å². The minimum absolute atomic E-state index is 0.359. The van der Waals surface area contributed by atoms with Crippen LogP contribution in [0.1, 0.15) is 12.7 Å². The predicted molar refractivity (Wildman–Crippen MR) is 117 cm³/mol. The van der Waals surface area contributed by atoms with Crippen LogP contribution in [0.25, 0.3) is 22.4 Å². The summed E-state index contributed by atoms with van der Waals surface area (Å²) >= 11 is 0. The molecule has 0 saturated heterocycles.